The van der Waals surface area contributed by atoms with Gasteiger partial charge in [0.2, 0.25) is 5.69 Å². The lowest BCUT2D eigenvalue weighted by Gasteiger charge is -2.12. The molecular formula is C19H16N4O4S. The SMILES string of the molecule is COc1cn(-c2ccccc2)nc1C(=O)O[C@@H](C)C(=O)Nc1sccc1C#N. The van der Waals surface area contributed by atoms with E-state index in [0.29, 0.717) is 10.6 Å². The fourth-order valence-corrected chi connectivity index (χ4v) is 3.08. The Labute approximate surface area is 164 Å². The molecule has 3 aromatic rings. The van der Waals surface area contributed by atoms with E-state index < -0.39 is 18.0 Å². The number of benzene rings is 1. The maximum Gasteiger partial charge on any atom is 0.363 e. The maximum atomic E-state index is 12.5. The molecule has 1 aromatic carbocycles. The van der Waals surface area contributed by atoms with Crippen LogP contribution in [-0.2, 0) is 9.53 Å². The predicted octanol–water partition coefficient (Wildman–Crippen LogP) is 3.00. The average Bonchev–Trinajstić information content (AvgIpc) is 3.35. The van der Waals surface area contributed by atoms with Gasteiger partial charge in [-0.05, 0) is 30.5 Å². The number of aromatic nitrogens is 2. The van der Waals surface area contributed by atoms with E-state index in [-0.39, 0.29) is 11.4 Å². The smallest absolute Gasteiger partial charge is 0.363 e. The summed E-state index contributed by atoms with van der Waals surface area (Å²) < 4.78 is 11.9. The van der Waals surface area contributed by atoms with Crippen molar-refractivity contribution >= 4 is 28.2 Å². The van der Waals surface area contributed by atoms with E-state index in [1.54, 1.807) is 17.6 Å². The van der Waals surface area contributed by atoms with Crippen LogP contribution in [0.15, 0.2) is 48.0 Å². The summed E-state index contributed by atoms with van der Waals surface area (Å²) >= 11 is 1.21. The summed E-state index contributed by atoms with van der Waals surface area (Å²) in [6.45, 7) is 1.44. The van der Waals surface area contributed by atoms with Gasteiger partial charge in [-0.2, -0.15) is 10.4 Å². The van der Waals surface area contributed by atoms with Gasteiger partial charge in [0.25, 0.3) is 5.91 Å². The van der Waals surface area contributed by atoms with Gasteiger partial charge in [-0.1, -0.05) is 18.2 Å². The lowest BCUT2D eigenvalue weighted by molar-refractivity contribution is -0.123. The Morgan fingerprint density at radius 1 is 1.29 bits per heavy atom. The Bertz CT molecular complexity index is 1040. The number of carbonyl (C=O) groups excluding carboxylic acids is 2. The van der Waals surface area contributed by atoms with Gasteiger partial charge >= 0.3 is 5.97 Å². The second-order valence-corrected chi connectivity index (χ2v) is 6.55. The maximum absolute atomic E-state index is 12.5. The van der Waals surface area contributed by atoms with Crippen LogP contribution < -0.4 is 10.1 Å². The molecule has 0 saturated heterocycles. The minimum Gasteiger partial charge on any atom is -0.493 e. The number of rotatable bonds is 6. The molecule has 1 N–H and O–H groups in total. The number of carbonyl (C=O) groups is 2. The molecule has 0 unspecified atom stereocenters. The number of amides is 1. The van der Waals surface area contributed by atoms with Crippen molar-refractivity contribution in [1.29, 1.82) is 5.26 Å². The van der Waals surface area contributed by atoms with Gasteiger partial charge in [0.1, 0.15) is 11.1 Å². The monoisotopic (exact) mass is 396 g/mol. The van der Waals surface area contributed by atoms with E-state index in [1.807, 2.05) is 36.4 Å². The van der Waals surface area contributed by atoms with Crippen LogP contribution in [0, 0.1) is 11.3 Å². The highest BCUT2D eigenvalue weighted by Gasteiger charge is 2.25. The Hall–Kier alpha value is -3.64. The molecule has 0 aliphatic heterocycles. The molecule has 0 saturated carbocycles. The highest BCUT2D eigenvalue weighted by Crippen LogP contribution is 2.23. The standard InChI is InChI=1S/C19H16N4O4S/c1-12(17(24)21-18-13(10-20)8-9-28-18)27-19(25)16-15(26-2)11-23(22-16)14-6-4-3-5-7-14/h3-9,11-12H,1-2H3,(H,21,24)/t12-/m0/s1. The largest absolute Gasteiger partial charge is 0.493 e. The van der Waals surface area contributed by atoms with Crippen molar-refractivity contribution in [2.75, 3.05) is 12.4 Å². The minimum absolute atomic E-state index is 0.0418. The molecule has 1 amide bonds. The van der Waals surface area contributed by atoms with E-state index in [2.05, 4.69) is 10.4 Å². The normalized spacial score (nSPS) is 11.3. The first-order valence-electron chi connectivity index (χ1n) is 8.22. The molecule has 3 rings (SSSR count). The number of ether oxygens (including phenoxy) is 2. The van der Waals surface area contributed by atoms with Gasteiger partial charge in [0, 0.05) is 0 Å². The van der Waals surface area contributed by atoms with Crippen molar-refractivity contribution in [3.05, 3.63) is 59.2 Å². The number of thiophene rings is 1. The summed E-state index contributed by atoms with van der Waals surface area (Å²) in [5, 5.41) is 17.9. The molecule has 2 aromatic heterocycles. The van der Waals surface area contributed by atoms with E-state index in [4.69, 9.17) is 14.7 Å². The topological polar surface area (TPSA) is 106 Å². The van der Waals surface area contributed by atoms with Crippen molar-refractivity contribution in [3.63, 3.8) is 0 Å². The number of nitrogens with one attached hydrogen (secondary N) is 1. The molecule has 0 aliphatic rings. The average molecular weight is 396 g/mol. The van der Waals surface area contributed by atoms with E-state index in [9.17, 15) is 9.59 Å². The molecule has 9 heteroatoms. The molecule has 28 heavy (non-hydrogen) atoms. The zero-order chi connectivity index (χ0) is 20.1. The number of nitriles is 1. The van der Waals surface area contributed by atoms with E-state index >= 15 is 0 Å². The zero-order valence-corrected chi connectivity index (χ0v) is 15.9. The number of hydrogen-bond donors (Lipinski definition) is 1. The van der Waals surface area contributed by atoms with Crippen molar-refractivity contribution in [3.8, 4) is 17.5 Å². The Balaban J connectivity index is 1.72. The number of anilines is 1. The summed E-state index contributed by atoms with van der Waals surface area (Å²) in [5.41, 5.74) is 1.05. The third kappa shape index (κ3) is 4.02. The summed E-state index contributed by atoms with van der Waals surface area (Å²) in [6.07, 6.45) is 0.467. The highest BCUT2D eigenvalue weighted by molar-refractivity contribution is 7.14. The van der Waals surface area contributed by atoms with Crippen molar-refractivity contribution in [1.82, 2.24) is 9.78 Å². The summed E-state index contributed by atoms with van der Waals surface area (Å²) in [6, 6.07) is 12.8. The third-order valence-corrected chi connectivity index (χ3v) is 4.62. The first-order valence-corrected chi connectivity index (χ1v) is 9.10. The van der Waals surface area contributed by atoms with Crippen molar-refractivity contribution in [2.24, 2.45) is 0 Å². The minimum atomic E-state index is -1.09. The van der Waals surface area contributed by atoms with Gasteiger partial charge in [0.05, 0.1) is 24.6 Å². The van der Waals surface area contributed by atoms with Crippen LogP contribution in [0.2, 0.25) is 0 Å². The molecule has 0 fully saturated rings. The fraction of sp³-hybridized carbons (Fsp3) is 0.158. The first kappa shape index (κ1) is 19.1. The fourth-order valence-electron chi connectivity index (χ4n) is 2.34. The zero-order valence-electron chi connectivity index (χ0n) is 15.1. The molecule has 0 bridgehead atoms. The second kappa shape index (κ2) is 8.37. The molecule has 142 valence electrons. The molecule has 0 aliphatic carbocycles. The van der Waals surface area contributed by atoms with E-state index in [0.717, 1.165) is 5.69 Å². The van der Waals surface area contributed by atoms with E-state index in [1.165, 1.54) is 30.1 Å². The third-order valence-electron chi connectivity index (χ3n) is 3.79. The van der Waals surface area contributed by atoms with Crippen molar-refractivity contribution in [2.45, 2.75) is 13.0 Å². The number of para-hydroxylation sites is 1. The molecule has 2 heterocycles. The second-order valence-electron chi connectivity index (χ2n) is 5.64. The Kier molecular flexibility index (Phi) is 5.72. The lowest BCUT2D eigenvalue weighted by atomic mass is 10.3. The Morgan fingerprint density at radius 2 is 2.04 bits per heavy atom. The van der Waals surface area contributed by atoms with Gasteiger partial charge in [0.15, 0.2) is 11.9 Å². The van der Waals surface area contributed by atoms with Crippen LogP contribution in [0.5, 0.6) is 5.75 Å². The molecule has 0 spiro atoms. The van der Waals surface area contributed by atoms with Crippen LogP contribution in [-0.4, -0.2) is 34.9 Å². The summed E-state index contributed by atoms with van der Waals surface area (Å²) in [4.78, 5) is 24.8. The molecule has 1 atom stereocenters. The van der Waals surface area contributed by atoms with Crippen LogP contribution in [0.4, 0.5) is 5.00 Å². The van der Waals surface area contributed by atoms with Gasteiger partial charge < -0.3 is 14.8 Å². The van der Waals surface area contributed by atoms with Crippen LogP contribution in [0.25, 0.3) is 5.69 Å². The van der Waals surface area contributed by atoms with Gasteiger partial charge in [-0.15, -0.1) is 11.3 Å². The summed E-state index contributed by atoms with van der Waals surface area (Å²) in [5.74, 6) is -1.11. The Morgan fingerprint density at radius 3 is 2.71 bits per heavy atom. The number of esters is 1. The first-order chi connectivity index (χ1) is 13.5. The molecule has 8 nitrogen and oxygen atoms in total. The number of methoxy groups -OCH3 is 1. The van der Waals surface area contributed by atoms with Crippen LogP contribution in [0.3, 0.4) is 0 Å². The molecule has 0 radical (unpaired) electrons. The lowest BCUT2D eigenvalue weighted by Crippen LogP contribution is -2.30. The van der Waals surface area contributed by atoms with Gasteiger partial charge in [-0.25, -0.2) is 9.48 Å². The summed E-state index contributed by atoms with van der Waals surface area (Å²) in [7, 11) is 1.42. The van der Waals surface area contributed by atoms with Crippen LogP contribution >= 0.6 is 11.3 Å². The molecular weight excluding hydrogens is 380 g/mol. The highest BCUT2D eigenvalue weighted by atomic mass is 32.1. The number of hydrogen-bond acceptors (Lipinski definition) is 7. The number of nitrogens with zero attached hydrogens (tertiary/aromatic N) is 3. The quantitative estimate of drug-likeness (QED) is 0.642. The van der Waals surface area contributed by atoms with Gasteiger partial charge in [-0.3, -0.25) is 4.79 Å². The predicted molar refractivity (Wildman–Crippen MR) is 103 cm³/mol. The van der Waals surface area contributed by atoms with Crippen molar-refractivity contribution < 1.29 is 19.1 Å². The van der Waals surface area contributed by atoms with Crippen LogP contribution in [0.1, 0.15) is 23.0 Å².